The van der Waals surface area contributed by atoms with Crippen molar-refractivity contribution >= 4 is 17.3 Å². The Bertz CT molecular complexity index is 515. The summed E-state index contributed by atoms with van der Waals surface area (Å²) in [6, 6.07) is 3.86. The van der Waals surface area contributed by atoms with Gasteiger partial charge < -0.3 is 10.2 Å². The van der Waals surface area contributed by atoms with Crippen molar-refractivity contribution < 1.29 is 4.79 Å². The first-order valence-electron chi connectivity index (χ1n) is 6.49. The highest BCUT2D eigenvalue weighted by molar-refractivity contribution is 6.02. The van der Waals surface area contributed by atoms with Gasteiger partial charge in [-0.2, -0.15) is 0 Å². The lowest BCUT2D eigenvalue weighted by atomic mass is 9.83. The van der Waals surface area contributed by atoms with Crippen LogP contribution in [0.15, 0.2) is 30.1 Å². The van der Waals surface area contributed by atoms with Gasteiger partial charge in [0, 0.05) is 20.0 Å². The molecule has 1 unspecified atom stereocenters. The summed E-state index contributed by atoms with van der Waals surface area (Å²) in [7, 11) is 3.94. The van der Waals surface area contributed by atoms with E-state index in [1.807, 2.05) is 44.1 Å². The van der Waals surface area contributed by atoms with E-state index in [0.29, 0.717) is 11.5 Å². The maximum atomic E-state index is 12.1. The van der Waals surface area contributed by atoms with Crippen LogP contribution in [-0.4, -0.2) is 24.9 Å². The topological polar surface area (TPSA) is 45.2 Å². The van der Waals surface area contributed by atoms with Crippen LogP contribution in [0.1, 0.15) is 20.8 Å². The molecule has 1 aliphatic carbocycles. The molecule has 4 nitrogen and oxygen atoms in total. The Morgan fingerprint density at radius 3 is 2.42 bits per heavy atom. The van der Waals surface area contributed by atoms with Crippen LogP contribution in [0, 0.1) is 11.3 Å². The van der Waals surface area contributed by atoms with Gasteiger partial charge in [-0.15, -0.1) is 0 Å². The Hall–Kier alpha value is -1.84. The van der Waals surface area contributed by atoms with Crippen LogP contribution in [0.5, 0.6) is 0 Å². The SMILES string of the molecule is CC1C(=O)C(Nc2ccc(N(C)C)cn2)=CC1(C)C. The molecule has 1 atom stereocenters. The van der Waals surface area contributed by atoms with Crippen molar-refractivity contribution in [2.75, 3.05) is 24.3 Å². The van der Waals surface area contributed by atoms with Crippen LogP contribution in [0.3, 0.4) is 0 Å². The van der Waals surface area contributed by atoms with E-state index in [4.69, 9.17) is 0 Å². The summed E-state index contributed by atoms with van der Waals surface area (Å²) in [5.74, 6) is 0.870. The van der Waals surface area contributed by atoms with Crippen LogP contribution in [0.2, 0.25) is 0 Å². The van der Waals surface area contributed by atoms with Crippen molar-refractivity contribution in [2.45, 2.75) is 20.8 Å². The Morgan fingerprint density at radius 1 is 1.32 bits per heavy atom. The fourth-order valence-corrected chi connectivity index (χ4v) is 2.10. The minimum absolute atomic E-state index is 0.0102. The molecule has 0 fully saturated rings. The highest BCUT2D eigenvalue weighted by Gasteiger charge is 2.38. The summed E-state index contributed by atoms with van der Waals surface area (Å²) in [5.41, 5.74) is 1.59. The van der Waals surface area contributed by atoms with Crippen molar-refractivity contribution in [1.29, 1.82) is 0 Å². The van der Waals surface area contributed by atoms with Gasteiger partial charge in [0.1, 0.15) is 5.82 Å². The van der Waals surface area contributed by atoms with Gasteiger partial charge in [0.15, 0.2) is 5.78 Å². The van der Waals surface area contributed by atoms with Crippen LogP contribution >= 0.6 is 0 Å². The van der Waals surface area contributed by atoms with Gasteiger partial charge in [-0.1, -0.05) is 26.8 Å². The number of carbonyl (C=O) groups excluding carboxylic acids is 1. The van der Waals surface area contributed by atoms with Gasteiger partial charge in [-0.25, -0.2) is 4.98 Å². The molecule has 0 saturated carbocycles. The molecule has 0 saturated heterocycles. The Labute approximate surface area is 114 Å². The van der Waals surface area contributed by atoms with Crippen molar-refractivity contribution in [3.05, 3.63) is 30.1 Å². The standard InChI is InChI=1S/C15H21N3O/c1-10-14(19)12(8-15(10,2)3)17-13-7-6-11(9-16-13)18(4)5/h6-10H,1-5H3,(H,16,17). The first-order chi connectivity index (χ1) is 8.81. The molecule has 2 rings (SSSR count). The van der Waals surface area contributed by atoms with E-state index in [9.17, 15) is 4.79 Å². The number of carbonyl (C=O) groups is 1. The van der Waals surface area contributed by atoms with Gasteiger partial charge in [-0.3, -0.25) is 4.79 Å². The molecular formula is C15H21N3O. The molecular weight excluding hydrogens is 238 g/mol. The Morgan fingerprint density at radius 2 is 2.00 bits per heavy atom. The summed E-state index contributed by atoms with van der Waals surface area (Å²) in [6.07, 6.45) is 3.79. The minimum Gasteiger partial charge on any atom is -0.376 e. The third kappa shape index (κ3) is 2.62. The van der Waals surface area contributed by atoms with Crippen LogP contribution in [0.25, 0.3) is 0 Å². The predicted molar refractivity (Wildman–Crippen MR) is 78.2 cm³/mol. The summed E-state index contributed by atoms with van der Waals surface area (Å²) in [5, 5.41) is 3.12. The molecule has 1 aromatic heterocycles. The first kappa shape index (κ1) is 13.6. The first-order valence-corrected chi connectivity index (χ1v) is 6.49. The van der Waals surface area contributed by atoms with Crippen LogP contribution in [-0.2, 0) is 4.79 Å². The zero-order valence-electron chi connectivity index (χ0n) is 12.2. The average molecular weight is 259 g/mol. The molecule has 4 heteroatoms. The number of hydrogen-bond donors (Lipinski definition) is 1. The lowest BCUT2D eigenvalue weighted by Gasteiger charge is -2.19. The van der Waals surface area contributed by atoms with Crippen molar-refractivity contribution in [2.24, 2.45) is 11.3 Å². The number of Topliss-reactive ketones (excluding diaryl/α,β-unsaturated/α-hetero) is 1. The summed E-state index contributed by atoms with van der Waals surface area (Å²) < 4.78 is 0. The van der Waals surface area contributed by atoms with Gasteiger partial charge in [0.05, 0.1) is 17.6 Å². The molecule has 102 valence electrons. The number of rotatable bonds is 3. The molecule has 1 N–H and O–H groups in total. The second-order valence-corrected chi connectivity index (χ2v) is 5.89. The van der Waals surface area contributed by atoms with E-state index in [1.54, 1.807) is 6.20 Å². The van der Waals surface area contributed by atoms with Gasteiger partial charge >= 0.3 is 0 Å². The number of aromatic nitrogens is 1. The molecule has 0 bridgehead atoms. The number of allylic oxidation sites excluding steroid dienone is 2. The number of anilines is 2. The van der Waals surface area contributed by atoms with Crippen LogP contribution < -0.4 is 10.2 Å². The second-order valence-electron chi connectivity index (χ2n) is 5.89. The number of ketones is 1. The summed E-state index contributed by atoms with van der Waals surface area (Å²) in [4.78, 5) is 18.4. The molecule has 1 heterocycles. The van der Waals surface area contributed by atoms with E-state index in [1.165, 1.54) is 0 Å². The zero-order valence-corrected chi connectivity index (χ0v) is 12.2. The average Bonchev–Trinajstić information content (AvgIpc) is 2.54. The highest BCUT2D eigenvalue weighted by Crippen LogP contribution is 2.38. The predicted octanol–water partition coefficient (Wildman–Crippen LogP) is 2.69. The highest BCUT2D eigenvalue weighted by atomic mass is 16.1. The molecule has 0 amide bonds. The van der Waals surface area contributed by atoms with Gasteiger partial charge in [0.25, 0.3) is 0 Å². The van der Waals surface area contributed by atoms with Crippen molar-refractivity contribution in [1.82, 2.24) is 4.98 Å². The smallest absolute Gasteiger partial charge is 0.182 e. The number of nitrogens with one attached hydrogen (secondary N) is 1. The molecule has 0 aliphatic heterocycles. The van der Waals surface area contributed by atoms with Gasteiger partial charge in [-0.05, 0) is 17.5 Å². The fraction of sp³-hybridized carbons (Fsp3) is 0.467. The minimum atomic E-state index is -0.0943. The number of hydrogen-bond acceptors (Lipinski definition) is 4. The molecule has 1 aromatic rings. The molecule has 0 spiro atoms. The third-order valence-corrected chi connectivity index (χ3v) is 3.82. The molecule has 19 heavy (non-hydrogen) atoms. The number of pyridine rings is 1. The summed E-state index contributed by atoms with van der Waals surface area (Å²) in [6.45, 7) is 6.12. The van der Waals surface area contributed by atoms with Crippen LogP contribution in [0.4, 0.5) is 11.5 Å². The zero-order chi connectivity index (χ0) is 14.2. The maximum Gasteiger partial charge on any atom is 0.182 e. The lowest BCUT2D eigenvalue weighted by Crippen LogP contribution is -2.21. The quantitative estimate of drug-likeness (QED) is 0.906. The van der Waals surface area contributed by atoms with E-state index in [0.717, 1.165) is 5.69 Å². The van der Waals surface area contributed by atoms with Gasteiger partial charge in [0.2, 0.25) is 0 Å². The monoisotopic (exact) mass is 259 g/mol. The second kappa shape index (κ2) is 4.68. The molecule has 0 aromatic carbocycles. The Kier molecular flexibility index (Phi) is 3.35. The van der Waals surface area contributed by atoms with Crippen molar-refractivity contribution in [3.63, 3.8) is 0 Å². The Balaban J connectivity index is 2.16. The largest absolute Gasteiger partial charge is 0.376 e. The molecule has 1 aliphatic rings. The number of nitrogens with zero attached hydrogens (tertiary/aromatic N) is 2. The molecule has 0 radical (unpaired) electrons. The lowest BCUT2D eigenvalue weighted by molar-refractivity contribution is -0.119. The van der Waals surface area contributed by atoms with Crippen molar-refractivity contribution in [3.8, 4) is 0 Å². The van der Waals surface area contributed by atoms with E-state index < -0.39 is 0 Å². The van der Waals surface area contributed by atoms with E-state index in [2.05, 4.69) is 24.1 Å². The third-order valence-electron chi connectivity index (χ3n) is 3.82. The normalized spacial score (nSPS) is 21.2. The van der Waals surface area contributed by atoms with E-state index in [-0.39, 0.29) is 17.1 Å². The fourth-order valence-electron chi connectivity index (χ4n) is 2.10. The summed E-state index contributed by atoms with van der Waals surface area (Å²) >= 11 is 0. The maximum absolute atomic E-state index is 12.1. The van der Waals surface area contributed by atoms with E-state index >= 15 is 0 Å².